The molecule has 1 aliphatic rings. The molecule has 0 aliphatic carbocycles. The van der Waals surface area contributed by atoms with E-state index in [0.717, 1.165) is 19.4 Å². The van der Waals surface area contributed by atoms with Crippen LogP contribution in [0, 0.1) is 0 Å². The molecule has 8 nitrogen and oxygen atoms in total. The lowest BCUT2D eigenvalue weighted by Gasteiger charge is -2.11. The number of carbonyl (C=O) groups excluding carboxylic acids is 3. The Kier molecular flexibility index (Phi) is 5.23. The maximum Gasteiger partial charge on any atom is 0.255 e. The largest absolute Gasteiger partial charge is 0.366 e. The standard InChI is InChI=1S/C18H19N5O3/c19-16(24)11-3-1-4-12(9-11)17(25)22-13-6-7-15(21-10-13)23-18(26)14-5-2-8-20-14/h1,3-4,6-7,9-10,14,20H,2,5,8H2,(H2,19,24)(H,22,25)(H,21,23,26)/t14-/m1/s1. The predicted octanol–water partition coefficient (Wildman–Crippen LogP) is 1.12. The molecule has 1 aromatic heterocycles. The van der Waals surface area contributed by atoms with Crippen molar-refractivity contribution < 1.29 is 14.4 Å². The van der Waals surface area contributed by atoms with Gasteiger partial charge in [-0.1, -0.05) is 6.07 Å². The van der Waals surface area contributed by atoms with E-state index in [-0.39, 0.29) is 23.4 Å². The molecule has 2 heterocycles. The first-order chi connectivity index (χ1) is 12.5. The van der Waals surface area contributed by atoms with Crippen molar-refractivity contribution in [2.45, 2.75) is 18.9 Å². The Hall–Kier alpha value is -3.26. The van der Waals surface area contributed by atoms with Crippen molar-refractivity contribution in [3.8, 4) is 0 Å². The van der Waals surface area contributed by atoms with Crippen LogP contribution in [0.4, 0.5) is 11.5 Å². The summed E-state index contributed by atoms with van der Waals surface area (Å²) in [4.78, 5) is 39.6. The van der Waals surface area contributed by atoms with Crippen LogP contribution in [0.1, 0.15) is 33.6 Å². The van der Waals surface area contributed by atoms with Gasteiger partial charge in [0.25, 0.3) is 5.91 Å². The fourth-order valence-corrected chi connectivity index (χ4v) is 2.68. The first-order valence-corrected chi connectivity index (χ1v) is 8.24. The smallest absolute Gasteiger partial charge is 0.255 e. The average Bonchev–Trinajstić information content (AvgIpc) is 3.18. The number of benzene rings is 1. The summed E-state index contributed by atoms with van der Waals surface area (Å²) in [6.07, 6.45) is 3.24. The molecule has 8 heteroatoms. The van der Waals surface area contributed by atoms with Gasteiger partial charge in [-0.3, -0.25) is 14.4 Å². The van der Waals surface area contributed by atoms with Crippen molar-refractivity contribution in [2.75, 3.05) is 17.2 Å². The van der Waals surface area contributed by atoms with Gasteiger partial charge in [0.05, 0.1) is 17.9 Å². The van der Waals surface area contributed by atoms with Gasteiger partial charge in [-0.05, 0) is 49.7 Å². The molecule has 1 atom stereocenters. The summed E-state index contributed by atoms with van der Waals surface area (Å²) in [5.41, 5.74) is 6.26. The third-order valence-electron chi connectivity index (χ3n) is 4.06. The first-order valence-electron chi connectivity index (χ1n) is 8.24. The summed E-state index contributed by atoms with van der Waals surface area (Å²) in [7, 11) is 0. The van der Waals surface area contributed by atoms with Gasteiger partial charge >= 0.3 is 0 Å². The van der Waals surface area contributed by atoms with Crippen LogP contribution < -0.4 is 21.7 Å². The molecule has 0 radical (unpaired) electrons. The lowest BCUT2D eigenvalue weighted by Crippen LogP contribution is -2.35. The zero-order valence-corrected chi connectivity index (χ0v) is 14.0. The zero-order valence-electron chi connectivity index (χ0n) is 14.0. The number of hydrogen-bond acceptors (Lipinski definition) is 5. The molecule has 5 N–H and O–H groups in total. The Bertz CT molecular complexity index is 829. The van der Waals surface area contributed by atoms with E-state index >= 15 is 0 Å². The number of nitrogens with one attached hydrogen (secondary N) is 3. The van der Waals surface area contributed by atoms with Gasteiger partial charge in [-0.2, -0.15) is 0 Å². The third kappa shape index (κ3) is 4.22. The maximum atomic E-state index is 12.3. The number of hydrogen-bond donors (Lipinski definition) is 4. The summed E-state index contributed by atoms with van der Waals surface area (Å²) in [5, 5.41) is 8.54. The molecule has 0 unspecified atom stereocenters. The summed E-state index contributed by atoms with van der Waals surface area (Å²) >= 11 is 0. The number of pyridine rings is 1. The normalized spacial score (nSPS) is 16.1. The molecule has 3 amide bonds. The fraction of sp³-hybridized carbons (Fsp3) is 0.222. The highest BCUT2D eigenvalue weighted by Gasteiger charge is 2.22. The maximum absolute atomic E-state index is 12.3. The van der Waals surface area contributed by atoms with E-state index in [1.165, 1.54) is 18.3 Å². The summed E-state index contributed by atoms with van der Waals surface area (Å²) in [6.45, 7) is 0.841. The lowest BCUT2D eigenvalue weighted by atomic mass is 10.1. The molecule has 1 fully saturated rings. The van der Waals surface area contributed by atoms with E-state index in [1.54, 1.807) is 24.3 Å². The van der Waals surface area contributed by atoms with Crippen LogP contribution in [0.25, 0.3) is 0 Å². The van der Waals surface area contributed by atoms with E-state index in [1.807, 2.05) is 0 Å². The quantitative estimate of drug-likeness (QED) is 0.641. The van der Waals surface area contributed by atoms with E-state index in [4.69, 9.17) is 5.73 Å². The minimum Gasteiger partial charge on any atom is -0.366 e. The number of aromatic nitrogens is 1. The van der Waals surface area contributed by atoms with Gasteiger partial charge in [0.15, 0.2) is 0 Å². The Balaban J connectivity index is 1.61. The van der Waals surface area contributed by atoms with E-state index < -0.39 is 5.91 Å². The van der Waals surface area contributed by atoms with Crippen LogP contribution in [0.15, 0.2) is 42.6 Å². The molecule has 0 bridgehead atoms. The van der Waals surface area contributed by atoms with Crippen LogP contribution in [-0.4, -0.2) is 35.3 Å². The monoisotopic (exact) mass is 353 g/mol. The summed E-state index contributed by atoms with van der Waals surface area (Å²) in [5.74, 6) is -0.688. The highest BCUT2D eigenvalue weighted by Crippen LogP contribution is 2.14. The molecular formula is C18H19N5O3. The summed E-state index contributed by atoms with van der Waals surface area (Å²) in [6, 6.07) is 9.20. The van der Waals surface area contributed by atoms with Crippen molar-refractivity contribution in [1.29, 1.82) is 0 Å². The minimum atomic E-state index is -0.599. The Labute approximate surface area is 150 Å². The molecule has 0 spiro atoms. The van der Waals surface area contributed by atoms with Gasteiger partial charge in [0.1, 0.15) is 5.82 Å². The third-order valence-corrected chi connectivity index (χ3v) is 4.06. The van der Waals surface area contributed by atoms with Crippen LogP contribution in [0.5, 0.6) is 0 Å². The van der Waals surface area contributed by atoms with Gasteiger partial charge < -0.3 is 21.7 Å². The second kappa shape index (κ2) is 7.75. The van der Waals surface area contributed by atoms with Crippen LogP contribution in [0.3, 0.4) is 0 Å². The number of carbonyl (C=O) groups is 3. The summed E-state index contributed by atoms with van der Waals surface area (Å²) < 4.78 is 0. The molecule has 2 aromatic rings. The number of anilines is 2. The fourth-order valence-electron chi connectivity index (χ4n) is 2.68. The van der Waals surface area contributed by atoms with Crippen molar-refractivity contribution in [2.24, 2.45) is 5.73 Å². The number of rotatable bonds is 5. The van der Waals surface area contributed by atoms with Gasteiger partial charge in [-0.15, -0.1) is 0 Å². The van der Waals surface area contributed by atoms with Crippen LogP contribution in [0.2, 0.25) is 0 Å². The van der Waals surface area contributed by atoms with E-state index in [9.17, 15) is 14.4 Å². The van der Waals surface area contributed by atoms with Crippen molar-refractivity contribution in [3.05, 3.63) is 53.7 Å². The number of amides is 3. The Morgan fingerprint density at radius 1 is 1.12 bits per heavy atom. The zero-order chi connectivity index (χ0) is 18.5. The molecule has 26 heavy (non-hydrogen) atoms. The Morgan fingerprint density at radius 3 is 2.58 bits per heavy atom. The average molecular weight is 353 g/mol. The highest BCUT2D eigenvalue weighted by molar-refractivity contribution is 6.06. The predicted molar refractivity (Wildman–Crippen MR) is 96.8 cm³/mol. The molecule has 0 saturated carbocycles. The van der Waals surface area contributed by atoms with Crippen molar-refractivity contribution in [3.63, 3.8) is 0 Å². The number of nitrogens with two attached hydrogens (primary N) is 1. The molecule has 1 aromatic carbocycles. The van der Waals surface area contributed by atoms with Gasteiger partial charge in [0.2, 0.25) is 11.8 Å². The van der Waals surface area contributed by atoms with Crippen molar-refractivity contribution in [1.82, 2.24) is 10.3 Å². The second-order valence-corrected chi connectivity index (χ2v) is 5.97. The van der Waals surface area contributed by atoms with Gasteiger partial charge in [0, 0.05) is 11.1 Å². The molecule has 1 aliphatic heterocycles. The Morgan fingerprint density at radius 2 is 1.92 bits per heavy atom. The molecule has 134 valence electrons. The molecule has 3 rings (SSSR count). The van der Waals surface area contributed by atoms with E-state index in [2.05, 4.69) is 20.9 Å². The number of nitrogens with zero attached hydrogens (tertiary/aromatic N) is 1. The van der Waals surface area contributed by atoms with Crippen LogP contribution in [-0.2, 0) is 4.79 Å². The van der Waals surface area contributed by atoms with E-state index in [0.29, 0.717) is 17.1 Å². The second-order valence-electron chi connectivity index (χ2n) is 5.97. The lowest BCUT2D eigenvalue weighted by molar-refractivity contribution is -0.117. The highest BCUT2D eigenvalue weighted by atomic mass is 16.2. The molecule has 1 saturated heterocycles. The van der Waals surface area contributed by atoms with Crippen LogP contribution >= 0.6 is 0 Å². The first kappa shape index (κ1) is 17.6. The SMILES string of the molecule is NC(=O)c1cccc(C(=O)Nc2ccc(NC(=O)[C@H]3CCCN3)nc2)c1. The van der Waals surface area contributed by atoms with Gasteiger partial charge in [-0.25, -0.2) is 4.98 Å². The minimum absolute atomic E-state index is 0.116. The molecular weight excluding hydrogens is 334 g/mol. The topological polar surface area (TPSA) is 126 Å². The van der Waals surface area contributed by atoms with Crippen molar-refractivity contribution >= 4 is 29.2 Å². The number of primary amides is 1.